The van der Waals surface area contributed by atoms with E-state index in [0.29, 0.717) is 6.54 Å². The van der Waals surface area contributed by atoms with Crippen LogP contribution in [0.4, 0.5) is 5.82 Å². The van der Waals surface area contributed by atoms with Gasteiger partial charge in [0.15, 0.2) is 0 Å². The highest BCUT2D eigenvalue weighted by atomic mass is 16.2. The molecule has 1 aromatic heterocycles. The molecule has 0 radical (unpaired) electrons. The molecule has 2 aliphatic heterocycles. The molecule has 0 spiro atoms. The van der Waals surface area contributed by atoms with Crippen LogP contribution in [-0.4, -0.2) is 52.8 Å². The number of rotatable bonds is 3. The number of nitrogens with one attached hydrogen (secondary N) is 1. The minimum atomic E-state index is -0.255. The monoisotopic (exact) mass is 288 g/mol. The molecule has 1 atom stereocenters. The lowest BCUT2D eigenvalue weighted by Crippen LogP contribution is -2.60. The maximum atomic E-state index is 12.6. The summed E-state index contributed by atoms with van der Waals surface area (Å²) in [6.45, 7) is 1.32. The van der Waals surface area contributed by atoms with Crippen molar-refractivity contribution in [3.8, 4) is 0 Å². The molecule has 2 saturated heterocycles. The Labute approximate surface area is 124 Å². The Bertz CT molecular complexity index is 560. The first-order valence-electron chi connectivity index (χ1n) is 7.40. The zero-order valence-electron chi connectivity index (χ0n) is 12.2. The van der Waals surface area contributed by atoms with E-state index in [1.54, 1.807) is 23.0 Å². The third-order valence-corrected chi connectivity index (χ3v) is 4.24. The highest BCUT2D eigenvalue weighted by Gasteiger charge is 2.40. The number of nitrogens with zero attached hydrogens (tertiary/aromatic N) is 3. The van der Waals surface area contributed by atoms with Crippen LogP contribution in [0.1, 0.15) is 24.8 Å². The van der Waals surface area contributed by atoms with Gasteiger partial charge in [0.2, 0.25) is 11.8 Å². The fourth-order valence-corrected chi connectivity index (χ4v) is 3.16. The van der Waals surface area contributed by atoms with Crippen LogP contribution < -0.4 is 5.32 Å². The van der Waals surface area contributed by atoms with E-state index >= 15 is 0 Å². The summed E-state index contributed by atoms with van der Waals surface area (Å²) in [5.74, 6) is 0.887. The molecule has 1 aromatic rings. The SMILES string of the molecule is CNc1ncccc1CN1CC(=O)N2CCCCC2C1=O. The van der Waals surface area contributed by atoms with Crippen molar-refractivity contribution in [3.05, 3.63) is 23.9 Å². The lowest BCUT2D eigenvalue weighted by atomic mass is 9.98. The van der Waals surface area contributed by atoms with E-state index in [1.165, 1.54) is 0 Å². The lowest BCUT2D eigenvalue weighted by molar-refractivity contribution is -0.158. The molecule has 3 heterocycles. The topological polar surface area (TPSA) is 65.5 Å². The number of pyridine rings is 1. The minimum absolute atomic E-state index is 0.0641. The number of anilines is 1. The van der Waals surface area contributed by atoms with Crippen molar-refractivity contribution in [2.75, 3.05) is 25.5 Å². The van der Waals surface area contributed by atoms with Gasteiger partial charge in [-0.05, 0) is 25.3 Å². The molecule has 2 amide bonds. The number of carbonyl (C=O) groups excluding carboxylic acids is 2. The zero-order valence-corrected chi connectivity index (χ0v) is 12.2. The van der Waals surface area contributed by atoms with Gasteiger partial charge in [0, 0.05) is 31.9 Å². The van der Waals surface area contributed by atoms with Crippen molar-refractivity contribution < 1.29 is 9.59 Å². The molecule has 6 nitrogen and oxygen atoms in total. The van der Waals surface area contributed by atoms with E-state index < -0.39 is 0 Å². The molecule has 21 heavy (non-hydrogen) atoms. The Balaban J connectivity index is 1.79. The summed E-state index contributed by atoms with van der Waals surface area (Å²) in [6, 6.07) is 3.53. The Morgan fingerprint density at radius 3 is 3.05 bits per heavy atom. The highest BCUT2D eigenvalue weighted by molar-refractivity contribution is 5.95. The van der Waals surface area contributed by atoms with E-state index in [4.69, 9.17) is 0 Å². The summed E-state index contributed by atoms with van der Waals surface area (Å²) in [5, 5.41) is 3.02. The standard InChI is InChI=1S/C15H20N4O2/c1-16-14-11(5-4-7-17-14)9-18-10-13(20)19-8-3-2-6-12(19)15(18)21/h4-5,7,12H,2-3,6,8-10H2,1H3,(H,16,17). The smallest absolute Gasteiger partial charge is 0.246 e. The number of piperidine rings is 1. The van der Waals surface area contributed by atoms with E-state index in [0.717, 1.165) is 37.2 Å². The van der Waals surface area contributed by atoms with Crippen LogP contribution in [-0.2, 0) is 16.1 Å². The van der Waals surface area contributed by atoms with Gasteiger partial charge in [0.25, 0.3) is 0 Å². The Kier molecular flexibility index (Phi) is 3.77. The van der Waals surface area contributed by atoms with Crippen LogP contribution in [0.3, 0.4) is 0 Å². The first-order chi connectivity index (χ1) is 10.2. The highest BCUT2D eigenvalue weighted by Crippen LogP contribution is 2.25. The van der Waals surface area contributed by atoms with Gasteiger partial charge in [-0.3, -0.25) is 9.59 Å². The fraction of sp³-hybridized carbons (Fsp3) is 0.533. The fourth-order valence-electron chi connectivity index (χ4n) is 3.16. The summed E-state index contributed by atoms with van der Waals surface area (Å²) < 4.78 is 0. The van der Waals surface area contributed by atoms with E-state index in [2.05, 4.69) is 10.3 Å². The first kappa shape index (κ1) is 13.9. The van der Waals surface area contributed by atoms with Gasteiger partial charge in [-0.1, -0.05) is 6.07 Å². The summed E-state index contributed by atoms with van der Waals surface area (Å²) in [4.78, 5) is 32.5. The third kappa shape index (κ3) is 2.57. The van der Waals surface area contributed by atoms with E-state index in [-0.39, 0.29) is 24.4 Å². The molecule has 0 bridgehead atoms. The summed E-state index contributed by atoms with van der Waals surface area (Å²) in [6.07, 6.45) is 4.51. The normalized spacial score (nSPS) is 22.2. The van der Waals surface area contributed by atoms with Crippen LogP contribution in [0.15, 0.2) is 18.3 Å². The number of piperazine rings is 1. The lowest BCUT2D eigenvalue weighted by Gasteiger charge is -2.42. The second kappa shape index (κ2) is 5.71. The van der Waals surface area contributed by atoms with Crippen LogP contribution in [0.25, 0.3) is 0 Å². The minimum Gasteiger partial charge on any atom is -0.373 e. The van der Waals surface area contributed by atoms with Gasteiger partial charge in [-0.2, -0.15) is 0 Å². The second-order valence-electron chi connectivity index (χ2n) is 5.55. The molecular weight excluding hydrogens is 268 g/mol. The Morgan fingerprint density at radius 2 is 2.24 bits per heavy atom. The molecule has 3 rings (SSSR count). The van der Waals surface area contributed by atoms with Gasteiger partial charge < -0.3 is 15.1 Å². The predicted molar refractivity (Wildman–Crippen MR) is 78.6 cm³/mol. The van der Waals surface area contributed by atoms with Crippen LogP contribution in [0.2, 0.25) is 0 Å². The van der Waals surface area contributed by atoms with Gasteiger partial charge >= 0.3 is 0 Å². The molecule has 1 N–H and O–H groups in total. The van der Waals surface area contributed by atoms with Crippen molar-refractivity contribution in [1.82, 2.24) is 14.8 Å². The molecule has 1 unspecified atom stereocenters. The molecule has 0 aliphatic carbocycles. The average molecular weight is 288 g/mol. The quantitative estimate of drug-likeness (QED) is 0.895. The largest absolute Gasteiger partial charge is 0.373 e. The van der Waals surface area contributed by atoms with Gasteiger partial charge in [-0.25, -0.2) is 4.98 Å². The predicted octanol–water partition coefficient (Wildman–Crippen LogP) is 0.847. The van der Waals surface area contributed by atoms with Gasteiger partial charge in [0.05, 0.1) is 0 Å². The maximum absolute atomic E-state index is 12.6. The molecule has 2 fully saturated rings. The summed E-state index contributed by atoms with van der Waals surface area (Å²) >= 11 is 0. The Morgan fingerprint density at radius 1 is 1.38 bits per heavy atom. The van der Waals surface area contributed by atoms with E-state index in [1.807, 2.05) is 12.1 Å². The molecule has 2 aliphatic rings. The average Bonchev–Trinajstić information content (AvgIpc) is 2.53. The molecule has 0 aromatic carbocycles. The zero-order chi connectivity index (χ0) is 14.8. The number of hydrogen-bond acceptors (Lipinski definition) is 4. The number of aromatic nitrogens is 1. The molecule has 0 saturated carbocycles. The summed E-state index contributed by atoms with van der Waals surface area (Å²) in [5.41, 5.74) is 0.936. The van der Waals surface area contributed by atoms with Crippen molar-refractivity contribution in [2.45, 2.75) is 31.8 Å². The van der Waals surface area contributed by atoms with Crippen molar-refractivity contribution in [1.29, 1.82) is 0 Å². The van der Waals surface area contributed by atoms with Crippen LogP contribution in [0, 0.1) is 0 Å². The number of hydrogen-bond donors (Lipinski definition) is 1. The maximum Gasteiger partial charge on any atom is 0.246 e. The number of amides is 2. The molecular formula is C15H20N4O2. The summed E-state index contributed by atoms with van der Waals surface area (Å²) in [7, 11) is 1.80. The molecule has 112 valence electrons. The third-order valence-electron chi connectivity index (χ3n) is 4.24. The van der Waals surface area contributed by atoms with Crippen LogP contribution in [0.5, 0.6) is 0 Å². The Hall–Kier alpha value is -2.11. The molecule has 6 heteroatoms. The van der Waals surface area contributed by atoms with E-state index in [9.17, 15) is 9.59 Å². The second-order valence-corrected chi connectivity index (χ2v) is 5.55. The van der Waals surface area contributed by atoms with Crippen molar-refractivity contribution in [3.63, 3.8) is 0 Å². The number of fused-ring (bicyclic) bond motifs is 1. The van der Waals surface area contributed by atoms with Gasteiger partial charge in [0.1, 0.15) is 18.4 Å². The van der Waals surface area contributed by atoms with Crippen LogP contribution >= 0.6 is 0 Å². The van der Waals surface area contributed by atoms with Crippen molar-refractivity contribution in [2.24, 2.45) is 0 Å². The number of carbonyl (C=O) groups is 2. The van der Waals surface area contributed by atoms with Crippen molar-refractivity contribution >= 4 is 17.6 Å². The van der Waals surface area contributed by atoms with Gasteiger partial charge in [-0.15, -0.1) is 0 Å². The first-order valence-corrected chi connectivity index (χ1v) is 7.40.